The minimum Gasteiger partial charge on any atom is -0.330 e. The lowest BCUT2D eigenvalue weighted by molar-refractivity contribution is -0.385. The molecular weight excluding hydrogens is 258 g/mol. The molecule has 1 saturated carbocycles. The fraction of sp³-hybridized carbons (Fsp3) is 0.500. The lowest BCUT2D eigenvalue weighted by atomic mass is 9.95. The Kier molecular flexibility index (Phi) is 4.34. The molecule has 1 fully saturated rings. The summed E-state index contributed by atoms with van der Waals surface area (Å²) >= 11 is 0. The van der Waals surface area contributed by atoms with Crippen LogP contribution >= 0.6 is 0 Å². The first kappa shape index (κ1) is 14.5. The second-order valence-electron chi connectivity index (χ2n) is 5.23. The second kappa shape index (κ2) is 6.00. The van der Waals surface area contributed by atoms with Crippen molar-refractivity contribution in [1.82, 2.24) is 0 Å². The van der Waals surface area contributed by atoms with Gasteiger partial charge < -0.3 is 11.1 Å². The highest BCUT2D eigenvalue weighted by Crippen LogP contribution is 2.33. The molecule has 0 unspecified atom stereocenters. The number of hydrogen-bond donors (Lipinski definition) is 2. The summed E-state index contributed by atoms with van der Waals surface area (Å²) < 4.78 is 0. The Balaban J connectivity index is 2.16. The summed E-state index contributed by atoms with van der Waals surface area (Å²) in [5.41, 5.74) is 6.68. The molecule has 6 nitrogen and oxygen atoms in total. The number of nitrogens with two attached hydrogens (primary N) is 1. The van der Waals surface area contributed by atoms with E-state index in [9.17, 15) is 14.9 Å². The standard InChI is InChI=1S/C14H19N3O3/c1-9-12(6-3-7-13(9)17(19)20)16-14(18)11-5-2-4-10(11)8-15/h3,6-7,10-11H,2,4-5,8,15H2,1H3,(H,16,18)/t10-,11-/m1/s1. The Labute approximate surface area is 117 Å². The van der Waals surface area contributed by atoms with Crippen LogP contribution in [0.1, 0.15) is 24.8 Å². The molecule has 1 aliphatic carbocycles. The van der Waals surface area contributed by atoms with Gasteiger partial charge in [-0.1, -0.05) is 12.5 Å². The lowest BCUT2D eigenvalue weighted by Gasteiger charge is -2.18. The molecule has 0 heterocycles. The summed E-state index contributed by atoms with van der Waals surface area (Å²) in [6, 6.07) is 4.70. The van der Waals surface area contributed by atoms with E-state index in [0.29, 0.717) is 17.8 Å². The van der Waals surface area contributed by atoms with Crippen LogP contribution in [0.5, 0.6) is 0 Å². The van der Waals surface area contributed by atoms with E-state index in [2.05, 4.69) is 5.32 Å². The SMILES string of the molecule is Cc1c(NC(=O)[C@@H]2CCC[C@@H]2CN)cccc1[N+](=O)[O-]. The average molecular weight is 277 g/mol. The second-order valence-corrected chi connectivity index (χ2v) is 5.23. The summed E-state index contributed by atoms with van der Waals surface area (Å²) in [6.45, 7) is 2.15. The van der Waals surface area contributed by atoms with Crippen molar-refractivity contribution in [2.24, 2.45) is 17.6 Å². The Morgan fingerprint density at radius 2 is 2.25 bits per heavy atom. The molecule has 2 rings (SSSR count). The molecule has 6 heteroatoms. The number of nitrogens with one attached hydrogen (secondary N) is 1. The molecule has 0 aliphatic heterocycles. The van der Waals surface area contributed by atoms with Crippen LogP contribution in [0.3, 0.4) is 0 Å². The molecule has 0 saturated heterocycles. The number of amides is 1. The molecule has 20 heavy (non-hydrogen) atoms. The number of anilines is 1. The van der Waals surface area contributed by atoms with Crippen molar-refractivity contribution in [3.63, 3.8) is 0 Å². The predicted octanol–water partition coefficient (Wildman–Crippen LogP) is 2.22. The third kappa shape index (κ3) is 2.80. The Morgan fingerprint density at radius 1 is 1.50 bits per heavy atom. The molecule has 1 aromatic carbocycles. The molecule has 1 amide bonds. The van der Waals surface area contributed by atoms with Gasteiger partial charge in [-0.3, -0.25) is 14.9 Å². The van der Waals surface area contributed by atoms with E-state index in [4.69, 9.17) is 5.73 Å². The van der Waals surface area contributed by atoms with Gasteiger partial charge in [0, 0.05) is 12.0 Å². The van der Waals surface area contributed by atoms with Crippen molar-refractivity contribution >= 4 is 17.3 Å². The maximum absolute atomic E-state index is 12.3. The van der Waals surface area contributed by atoms with Crippen molar-refractivity contribution in [3.8, 4) is 0 Å². The monoisotopic (exact) mass is 277 g/mol. The van der Waals surface area contributed by atoms with Gasteiger partial charge in [0.05, 0.1) is 16.2 Å². The molecule has 0 spiro atoms. The van der Waals surface area contributed by atoms with E-state index in [1.807, 2.05) is 0 Å². The maximum atomic E-state index is 12.3. The first-order valence-electron chi connectivity index (χ1n) is 6.79. The van der Waals surface area contributed by atoms with Crippen molar-refractivity contribution in [1.29, 1.82) is 0 Å². The van der Waals surface area contributed by atoms with E-state index in [0.717, 1.165) is 19.3 Å². The van der Waals surface area contributed by atoms with Crippen LogP contribution in [0.2, 0.25) is 0 Å². The number of carbonyl (C=O) groups excluding carboxylic acids is 1. The van der Waals surface area contributed by atoms with E-state index in [1.165, 1.54) is 6.07 Å². The maximum Gasteiger partial charge on any atom is 0.274 e. The zero-order valence-corrected chi connectivity index (χ0v) is 11.5. The molecule has 1 aromatic rings. The number of hydrogen-bond acceptors (Lipinski definition) is 4. The summed E-state index contributed by atoms with van der Waals surface area (Å²) in [7, 11) is 0. The molecule has 108 valence electrons. The fourth-order valence-corrected chi connectivity index (χ4v) is 2.85. The van der Waals surface area contributed by atoms with Gasteiger partial charge in [0.25, 0.3) is 5.69 Å². The first-order valence-corrected chi connectivity index (χ1v) is 6.79. The van der Waals surface area contributed by atoms with E-state index < -0.39 is 4.92 Å². The van der Waals surface area contributed by atoms with Gasteiger partial charge in [-0.25, -0.2) is 0 Å². The zero-order chi connectivity index (χ0) is 14.7. The summed E-state index contributed by atoms with van der Waals surface area (Å²) in [5, 5.41) is 13.7. The van der Waals surface area contributed by atoms with Gasteiger partial charge in [-0.05, 0) is 38.3 Å². The third-order valence-electron chi connectivity index (χ3n) is 4.06. The Hall–Kier alpha value is -1.95. The van der Waals surface area contributed by atoms with Gasteiger partial charge in [0.15, 0.2) is 0 Å². The summed E-state index contributed by atoms with van der Waals surface area (Å²) in [4.78, 5) is 22.7. The van der Waals surface area contributed by atoms with Gasteiger partial charge >= 0.3 is 0 Å². The number of nitro groups is 1. The lowest BCUT2D eigenvalue weighted by Crippen LogP contribution is -2.30. The van der Waals surface area contributed by atoms with Crippen molar-refractivity contribution < 1.29 is 9.72 Å². The zero-order valence-electron chi connectivity index (χ0n) is 11.5. The van der Waals surface area contributed by atoms with E-state index >= 15 is 0 Å². The minimum absolute atomic E-state index is 0.0181. The number of benzene rings is 1. The number of nitro benzene ring substituents is 1. The average Bonchev–Trinajstić information content (AvgIpc) is 2.89. The van der Waals surface area contributed by atoms with E-state index in [-0.39, 0.29) is 23.4 Å². The number of nitrogens with zero attached hydrogens (tertiary/aromatic N) is 1. The minimum atomic E-state index is -0.441. The largest absolute Gasteiger partial charge is 0.330 e. The van der Waals surface area contributed by atoms with Crippen LogP contribution in [-0.2, 0) is 4.79 Å². The van der Waals surface area contributed by atoms with Crippen LogP contribution in [0, 0.1) is 28.9 Å². The first-order chi connectivity index (χ1) is 9.54. The Morgan fingerprint density at radius 3 is 2.90 bits per heavy atom. The molecule has 2 atom stereocenters. The van der Waals surface area contributed by atoms with Crippen LogP contribution in [0.4, 0.5) is 11.4 Å². The van der Waals surface area contributed by atoms with Crippen LogP contribution < -0.4 is 11.1 Å². The van der Waals surface area contributed by atoms with Crippen molar-refractivity contribution in [3.05, 3.63) is 33.9 Å². The number of carbonyl (C=O) groups is 1. The van der Waals surface area contributed by atoms with Gasteiger partial charge in [0.1, 0.15) is 0 Å². The van der Waals surface area contributed by atoms with Crippen LogP contribution in [0.15, 0.2) is 18.2 Å². The molecular formula is C14H19N3O3. The predicted molar refractivity (Wildman–Crippen MR) is 76.3 cm³/mol. The summed E-state index contributed by atoms with van der Waals surface area (Å²) in [5.74, 6) is 0.0502. The molecule has 0 aromatic heterocycles. The molecule has 1 aliphatic rings. The third-order valence-corrected chi connectivity index (χ3v) is 4.06. The number of rotatable bonds is 4. The Bertz CT molecular complexity index is 530. The van der Waals surface area contributed by atoms with Crippen molar-refractivity contribution in [2.75, 3.05) is 11.9 Å². The summed E-state index contributed by atoms with van der Waals surface area (Å²) in [6.07, 6.45) is 2.82. The quantitative estimate of drug-likeness (QED) is 0.651. The van der Waals surface area contributed by atoms with Crippen LogP contribution in [0.25, 0.3) is 0 Å². The highest BCUT2D eigenvalue weighted by Gasteiger charge is 2.32. The fourth-order valence-electron chi connectivity index (χ4n) is 2.85. The van der Waals surface area contributed by atoms with E-state index in [1.54, 1.807) is 19.1 Å². The van der Waals surface area contributed by atoms with Gasteiger partial charge in [-0.15, -0.1) is 0 Å². The van der Waals surface area contributed by atoms with Crippen molar-refractivity contribution in [2.45, 2.75) is 26.2 Å². The highest BCUT2D eigenvalue weighted by molar-refractivity contribution is 5.94. The van der Waals surface area contributed by atoms with Gasteiger partial charge in [-0.2, -0.15) is 0 Å². The highest BCUT2D eigenvalue weighted by atomic mass is 16.6. The van der Waals surface area contributed by atoms with Crippen LogP contribution in [-0.4, -0.2) is 17.4 Å². The molecule has 0 radical (unpaired) electrons. The molecule has 3 N–H and O–H groups in total. The molecule has 0 bridgehead atoms. The normalized spacial score (nSPS) is 21.7. The van der Waals surface area contributed by atoms with Gasteiger partial charge in [0.2, 0.25) is 5.91 Å². The smallest absolute Gasteiger partial charge is 0.274 e. The topological polar surface area (TPSA) is 98.3 Å².